The zero-order chi connectivity index (χ0) is 16.4. The Balaban J connectivity index is 1.53. The van der Waals surface area contributed by atoms with Crippen molar-refractivity contribution in [1.29, 1.82) is 0 Å². The minimum Gasteiger partial charge on any atom is -0.293 e. The highest BCUT2D eigenvalue weighted by Gasteiger charge is 2.32. The normalized spacial score (nSPS) is 15.8. The van der Waals surface area contributed by atoms with Crippen LogP contribution in [-0.2, 0) is 6.42 Å². The molecule has 1 heterocycles. The zero-order valence-corrected chi connectivity index (χ0v) is 14.2. The van der Waals surface area contributed by atoms with Crippen LogP contribution in [-0.4, -0.2) is 22.5 Å². The first kappa shape index (κ1) is 15.3. The van der Waals surface area contributed by atoms with Gasteiger partial charge in [0.05, 0.1) is 0 Å². The Bertz CT molecular complexity index is 808. The second-order valence-corrected chi connectivity index (χ2v) is 6.86. The fraction of sp³-hybridized carbons (Fsp3) is 0.318. The van der Waals surface area contributed by atoms with Crippen molar-refractivity contribution in [2.45, 2.75) is 38.3 Å². The third kappa shape index (κ3) is 3.34. The van der Waals surface area contributed by atoms with Gasteiger partial charge in [0.2, 0.25) is 0 Å². The minimum absolute atomic E-state index is 0.462. The first-order valence-electron chi connectivity index (χ1n) is 8.94. The maximum atomic E-state index is 4.12. The van der Waals surface area contributed by atoms with Crippen LogP contribution in [0.2, 0.25) is 0 Å². The molecule has 0 N–H and O–H groups in total. The predicted octanol–water partition coefficient (Wildman–Crippen LogP) is 5.00. The molecule has 1 fully saturated rings. The molecule has 1 saturated carbocycles. The Morgan fingerprint density at radius 3 is 2.50 bits per heavy atom. The molecule has 24 heavy (non-hydrogen) atoms. The molecule has 0 amide bonds. The van der Waals surface area contributed by atoms with Crippen molar-refractivity contribution in [2.75, 3.05) is 6.54 Å². The van der Waals surface area contributed by atoms with Crippen LogP contribution in [0.25, 0.3) is 10.8 Å². The van der Waals surface area contributed by atoms with Gasteiger partial charge in [-0.15, -0.1) is 0 Å². The van der Waals surface area contributed by atoms with Crippen molar-refractivity contribution < 1.29 is 0 Å². The van der Waals surface area contributed by atoms with Crippen LogP contribution in [0, 0.1) is 0 Å². The molecule has 4 rings (SSSR count). The molecule has 0 aliphatic heterocycles. The standard InChI is InChI=1S/C22H24N2/c1-17(20-7-6-19-4-2-3-5-21(19)16-20)24(22-8-9-22)15-12-18-10-13-23-14-11-18/h2-7,10-11,13-14,16-17,22H,8-9,12,15H2,1H3. The van der Waals surface area contributed by atoms with Crippen LogP contribution in [0.4, 0.5) is 0 Å². The van der Waals surface area contributed by atoms with Crippen molar-refractivity contribution in [3.63, 3.8) is 0 Å². The minimum atomic E-state index is 0.462. The van der Waals surface area contributed by atoms with Gasteiger partial charge in [-0.1, -0.05) is 36.4 Å². The summed E-state index contributed by atoms with van der Waals surface area (Å²) in [4.78, 5) is 6.80. The molecule has 0 bridgehead atoms. The Hall–Kier alpha value is -2.19. The molecule has 3 aromatic rings. The van der Waals surface area contributed by atoms with E-state index >= 15 is 0 Å². The number of pyridine rings is 1. The van der Waals surface area contributed by atoms with E-state index in [9.17, 15) is 0 Å². The fourth-order valence-corrected chi connectivity index (χ4v) is 3.57. The van der Waals surface area contributed by atoms with Gasteiger partial charge in [0, 0.05) is 31.0 Å². The van der Waals surface area contributed by atoms with Crippen LogP contribution in [0.15, 0.2) is 67.0 Å². The van der Waals surface area contributed by atoms with Gasteiger partial charge in [0.15, 0.2) is 0 Å². The average Bonchev–Trinajstić information content (AvgIpc) is 3.47. The van der Waals surface area contributed by atoms with E-state index in [2.05, 4.69) is 71.4 Å². The summed E-state index contributed by atoms with van der Waals surface area (Å²) in [6.45, 7) is 3.47. The summed E-state index contributed by atoms with van der Waals surface area (Å²) in [5.74, 6) is 0. The van der Waals surface area contributed by atoms with E-state index in [0.29, 0.717) is 6.04 Å². The molecule has 2 nitrogen and oxygen atoms in total. The highest BCUT2D eigenvalue weighted by molar-refractivity contribution is 5.83. The van der Waals surface area contributed by atoms with Crippen molar-refractivity contribution in [3.05, 3.63) is 78.1 Å². The zero-order valence-electron chi connectivity index (χ0n) is 14.2. The Morgan fingerprint density at radius 1 is 1.00 bits per heavy atom. The number of nitrogens with zero attached hydrogens (tertiary/aromatic N) is 2. The quantitative estimate of drug-likeness (QED) is 0.636. The maximum absolute atomic E-state index is 4.12. The van der Waals surface area contributed by atoms with E-state index in [1.54, 1.807) is 0 Å². The van der Waals surface area contributed by atoms with E-state index in [1.807, 2.05) is 12.4 Å². The summed E-state index contributed by atoms with van der Waals surface area (Å²) in [5, 5.41) is 2.66. The smallest absolute Gasteiger partial charge is 0.0323 e. The van der Waals surface area contributed by atoms with Crippen molar-refractivity contribution in [1.82, 2.24) is 9.88 Å². The summed E-state index contributed by atoms with van der Waals surface area (Å²) < 4.78 is 0. The molecule has 0 radical (unpaired) electrons. The maximum Gasteiger partial charge on any atom is 0.0323 e. The Kier molecular flexibility index (Phi) is 4.31. The number of rotatable bonds is 6. The monoisotopic (exact) mass is 316 g/mol. The first-order chi connectivity index (χ1) is 11.8. The molecule has 2 heteroatoms. The summed E-state index contributed by atoms with van der Waals surface area (Å²) in [6.07, 6.45) is 7.56. The largest absolute Gasteiger partial charge is 0.293 e. The van der Waals surface area contributed by atoms with E-state index < -0.39 is 0 Å². The average molecular weight is 316 g/mol. The number of hydrogen-bond acceptors (Lipinski definition) is 2. The molecular weight excluding hydrogens is 292 g/mol. The lowest BCUT2D eigenvalue weighted by atomic mass is 10.0. The molecule has 0 spiro atoms. The van der Waals surface area contributed by atoms with Gasteiger partial charge in [-0.25, -0.2) is 0 Å². The van der Waals surface area contributed by atoms with Crippen LogP contribution in [0.5, 0.6) is 0 Å². The lowest BCUT2D eigenvalue weighted by molar-refractivity contribution is 0.202. The molecule has 1 aliphatic carbocycles. The Morgan fingerprint density at radius 2 is 1.75 bits per heavy atom. The van der Waals surface area contributed by atoms with Crippen LogP contribution in [0.3, 0.4) is 0 Å². The van der Waals surface area contributed by atoms with E-state index in [4.69, 9.17) is 0 Å². The van der Waals surface area contributed by atoms with Gasteiger partial charge in [0.25, 0.3) is 0 Å². The molecule has 1 unspecified atom stereocenters. The third-order valence-corrected chi connectivity index (χ3v) is 5.18. The van der Waals surface area contributed by atoms with E-state index in [-0.39, 0.29) is 0 Å². The summed E-state index contributed by atoms with van der Waals surface area (Å²) in [7, 11) is 0. The number of hydrogen-bond donors (Lipinski definition) is 0. The molecule has 0 saturated heterocycles. The molecule has 122 valence electrons. The fourth-order valence-electron chi connectivity index (χ4n) is 3.57. The lowest BCUT2D eigenvalue weighted by Gasteiger charge is -2.30. The van der Waals surface area contributed by atoms with E-state index in [0.717, 1.165) is 19.0 Å². The van der Waals surface area contributed by atoms with Crippen LogP contribution >= 0.6 is 0 Å². The van der Waals surface area contributed by atoms with Gasteiger partial charge in [-0.2, -0.15) is 0 Å². The lowest BCUT2D eigenvalue weighted by Crippen LogP contribution is -2.31. The van der Waals surface area contributed by atoms with Crippen LogP contribution in [0.1, 0.15) is 36.9 Å². The van der Waals surface area contributed by atoms with Crippen molar-refractivity contribution in [3.8, 4) is 0 Å². The highest BCUT2D eigenvalue weighted by atomic mass is 15.2. The van der Waals surface area contributed by atoms with Crippen LogP contribution < -0.4 is 0 Å². The molecule has 2 aromatic carbocycles. The van der Waals surface area contributed by atoms with Gasteiger partial charge < -0.3 is 0 Å². The predicted molar refractivity (Wildman–Crippen MR) is 100 cm³/mol. The second kappa shape index (κ2) is 6.74. The summed E-state index contributed by atoms with van der Waals surface area (Å²) >= 11 is 0. The molecule has 1 aliphatic rings. The SMILES string of the molecule is CC(c1ccc2ccccc2c1)N(CCc1ccncc1)C1CC1. The van der Waals surface area contributed by atoms with Gasteiger partial charge in [0.1, 0.15) is 0 Å². The summed E-state index contributed by atoms with van der Waals surface area (Å²) in [5.41, 5.74) is 2.80. The van der Waals surface area contributed by atoms with Gasteiger partial charge >= 0.3 is 0 Å². The summed E-state index contributed by atoms with van der Waals surface area (Å²) in [6, 6.07) is 21.0. The number of fused-ring (bicyclic) bond motifs is 1. The molecular formula is C22H24N2. The first-order valence-corrected chi connectivity index (χ1v) is 8.94. The van der Waals surface area contributed by atoms with Crippen molar-refractivity contribution >= 4 is 10.8 Å². The third-order valence-electron chi connectivity index (χ3n) is 5.18. The topological polar surface area (TPSA) is 16.1 Å². The number of aromatic nitrogens is 1. The van der Waals surface area contributed by atoms with E-state index in [1.165, 1.54) is 34.7 Å². The molecule has 1 aromatic heterocycles. The molecule has 1 atom stereocenters. The van der Waals surface area contributed by atoms with Gasteiger partial charge in [-0.05, 0) is 66.3 Å². The highest BCUT2D eigenvalue weighted by Crippen LogP contribution is 2.35. The Labute approximate surface area is 144 Å². The second-order valence-electron chi connectivity index (χ2n) is 6.86. The van der Waals surface area contributed by atoms with Gasteiger partial charge in [-0.3, -0.25) is 9.88 Å². The number of benzene rings is 2. The van der Waals surface area contributed by atoms with Crippen molar-refractivity contribution in [2.24, 2.45) is 0 Å².